The van der Waals surface area contributed by atoms with Crippen LogP contribution in [0.15, 0.2) is 48.6 Å². The number of esters is 1. The number of hydrogen-bond donors (Lipinski definition) is 2. The van der Waals surface area contributed by atoms with Crippen LogP contribution in [0.2, 0.25) is 0 Å². The average Bonchev–Trinajstić information content (AvgIpc) is 3.21. The van der Waals surface area contributed by atoms with Gasteiger partial charge in [-0.1, -0.05) is 191 Å². The Morgan fingerprint density at radius 1 is 0.534 bits per heavy atom. The molecule has 58 heavy (non-hydrogen) atoms. The molecule has 0 aromatic carbocycles. The number of phosphoric acid groups is 1. The van der Waals surface area contributed by atoms with Crippen LogP contribution in [0.5, 0.6) is 0 Å². The predicted molar refractivity (Wildman–Crippen MR) is 247 cm³/mol. The smallest absolute Gasteiger partial charge is 0.457 e. The first-order valence-electron chi connectivity index (χ1n) is 24.1. The van der Waals surface area contributed by atoms with Crippen molar-refractivity contribution in [1.82, 2.24) is 0 Å². The molecule has 0 aromatic rings. The lowest BCUT2D eigenvalue weighted by atomic mass is 10.0. The van der Waals surface area contributed by atoms with Crippen LogP contribution in [-0.2, 0) is 27.9 Å². The van der Waals surface area contributed by atoms with Crippen LogP contribution in [0.3, 0.4) is 0 Å². The number of carbonyl (C=O) groups excluding carboxylic acids is 1. The topological polar surface area (TPSA) is 117 Å². The molecule has 0 aliphatic rings. The van der Waals surface area contributed by atoms with Gasteiger partial charge < -0.3 is 20.1 Å². The molecular formula is C49H92NO7P. The van der Waals surface area contributed by atoms with Gasteiger partial charge in [-0.25, -0.2) is 4.57 Å². The molecule has 340 valence electrons. The largest absolute Gasteiger partial charge is 0.472 e. The van der Waals surface area contributed by atoms with E-state index in [1.54, 1.807) is 0 Å². The molecule has 0 bridgehead atoms. The third-order valence-corrected chi connectivity index (χ3v) is 11.2. The van der Waals surface area contributed by atoms with Crippen LogP contribution in [0.1, 0.15) is 219 Å². The summed E-state index contributed by atoms with van der Waals surface area (Å²) in [5.74, 6) is -0.346. The van der Waals surface area contributed by atoms with Gasteiger partial charge in [0, 0.05) is 19.6 Å². The monoisotopic (exact) mass is 838 g/mol. The molecule has 9 heteroatoms. The Morgan fingerprint density at radius 3 is 1.47 bits per heavy atom. The molecule has 2 atom stereocenters. The van der Waals surface area contributed by atoms with Crippen molar-refractivity contribution >= 4 is 13.8 Å². The van der Waals surface area contributed by atoms with Crippen molar-refractivity contribution < 1.29 is 32.8 Å². The van der Waals surface area contributed by atoms with Crippen LogP contribution >= 0.6 is 7.82 Å². The first-order chi connectivity index (χ1) is 28.4. The molecule has 2 unspecified atom stereocenters. The van der Waals surface area contributed by atoms with Gasteiger partial charge >= 0.3 is 13.8 Å². The van der Waals surface area contributed by atoms with E-state index in [2.05, 4.69) is 62.5 Å². The summed E-state index contributed by atoms with van der Waals surface area (Å²) in [5, 5.41) is 0. The zero-order valence-electron chi connectivity index (χ0n) is 37.8. The second-order valence-electron chi connectivity index (χ2n) is 15.9. The number of nitrogens with two attached hydrogens (primary N) is 1. The number of rotatable bonds is 46. The maximum atomic E-state index is 12.6. The summed E-state index contributed by atoms with van der Waals surface area (Å²) in [4.78, 5) is 22.5. The molecule has 0 aliphatic carbocycles. The van der Waals surface area contributed by atoms with E-state index in [0.29, 0.717) is 13.0 Å². The third kappa shape index (κ3) is 45.5. The van der Waals surface area contributed by atoms with E-state index in [-0.39, 0.29) is 32.3 Å². The molecule has 0 rings (SSSR count). The van der Waals surface area contributed by atoms with Crippen LogP contribution < -0.4 is 5.73 Å². The fraction of sp³-hybridized carbons (Fsp3) is 0.816. The zero-order valence-corrected chi connectivity index (χ0v) is 38.7. The molecule has 0 spiro atoms. The summed E-state index contributed by atoms with van der Waals surface area (Å²) < 4.78 is 33.5. The van der Waals surface area contributed by atoms with E-state index >= 15 is 0 Å². The van der Waals surface area contributed by atoms with Gasteiger partial charge in [0.1, 0.15) is 6.10 Å². The van der Waals surface area contributed by atoms with E-state index in [9.17, 15) is 14.3 Å². The van der Waals surface area contributed by atoms with Crippen LogP contribution in [0, 0.1) is 0 Å². The van der Waals surface area contributed by atoms with Gasteiger partial charge in [0.05, 0.1) is 19.8 Å². The Hall–Kier alpha value is -1.54. The third-order valence-electron chi connectivity index (χ3n) is 10.2. The maximum Gasteiger partial charge on any atom is 0.472 e. The molecule has 3 N–H and O–H groups in total. The Morgan fingerprint density at radius 2 is 0.966 bits per heavy atom. The highest BCUT2D eigenvalue weighted by Gasteiger charge is 2.25. The quantitative estimate of drug-likeness (QED) is 0.0269. The van der Waals surface area contributed by atoms with Crippen LogP contribution in [0.4, 0.5) is 0 Å². The van der Waals surface area contributed by atoms with Crippen molar-refractivity contribution in [2.45, 2.75) is 225 Å². The van der Waals surface area contributed by atoms with Crippen molar-refractivity contribution in [3.05, 3.63) is 48.6 Å². The lowest BCUT2D eigenvalue weighted by Crippen LogP contribution is -2.28. The molecule has 0 saturated carbocycles. The molecule has 0 radical (unpaired) electrons. The maximum absolute atomic E-state index is 12.6. The Labute approximate surface area is 358 Å². The van der Waals surface area contributed by atoms with Gasteiger partial charge in [0.2, 0.25) is 0 Å². The number of carbonyl (C=O) groups is 1. The number of allylic oxidation sites excluding steroid dienone is 8. The number of phosphoric ester groups is 1. The van der Waals surface area contributed by atoms with E-state index in [4.69, 9.17) is 24.3 Å². The summed E-state index contributed by atoms with van der Waals surface area (Å²) in [6.45, 7) is 4.80. The van der Waals surface area contributed by atoms with Gasteiger partial charge in [0.15, 0.2) is 0 Å². The fourth-order valence-corrected chi connectivity index (χ4v) is 7.48. The summed E-state index contributed by atoms with van der Waals surface area (Å²) in [6.07, 6.45) is 55.7. The number of hydrogen-bond acceptors (Lipinski definition) is 7. The van der Waals surface area contributed by atoms with Gasteiger partial charge in [-0.3, -0.25) is 13.8 Å². The Balaban J connectivity index is 3.93. The minimum atomic E-state index is -4.28. The second-order valence-corrected chi connectivity index (χ2v) is 17.4. The summed E-state index contributed by atoms with van der Waals surface area (Å²) >= 11 is 0. The van der Waals surface area contributed by atoms with E-state index in [1.807, 2.05) is 0 Å². The van der Waals surface area contributed by atoms with Crippen LogP contribution in [0.25, 0.3) is 0 Å². The SMILES string of the molecule is CC/C=C\C/C=C\C/C=C\CCCCCCCC(=O)OC(COCCCCCCCCCCCCCC/C=C\CCCCCCCCCC)COP(=O)(O)OCCN. The van der Waals surface area contributed by atoms with Gasteiger partial charge in [0.25, 0.3) is 0 Å². The average molecular weight is 838 g/mol. The van der Waals surface area contributed by atoms with Crippen molar-refractivity contribution in [2.24, 2.45) is 5.73 Å². The normalized spacial score (nSPS) is 13.8. The molecule has 0 fully saturated rings. The highest BCUT2D eigenvalue weighted by molar-refractivity contribution is 7.47. The van der Waals surface area contributed by atoms with Gasteiger partial charge in [-0.05, 0) is 70.6 Å². The van der Waals surface area contributed by atoms with Gasteiger partial charge in [-0.15, -0.1) is 0 Å². The van der Waals surface area contributed by atoms with Crippen molar-refractivity contribution in [2.75, 3.05) is 33.0 Å². The van der Waals surface area contributed by atoms with Crippen LogP contribution in [-0.4, -0.2) is 49.9 Å². The fourth-order valence-electron chi connectivity index (χ4n) is 6.71. The summed E-state index contributed by atoms with van der Waals surface area (Å²) in [6, 6.07) is 0. The van der Waals surface area contributed by atoms with Crippen molar-refractivity contribution in [3.63, 3.8) is 0 Å². The Kier molecular flexibility index (Phi) is 45.3. The van der Waals surface area contributed by atoms with Crippen molar-refractivity contribution in [1.29, 1.82) is 0 Å². The standard InChI is InChI=1S/C49H92NO7P/c1-3-5-7-9-11-13-15-17-19-20-21-22-23-24-25-26-27-29-31-33-35-37-39-41-44-54-46-48(47-56-58(52,53)55-45-43-50)57-49(51)42-40-38-36-34-32-30-28-18-16-14-12-10-8-6-4-2/h6,8,12,14,18,20-21,28,48H,3-5,7,9-11,13,15-17,19,22-27,29-47,50H2,1-2H3,(H,52,53)/b8-6-,14-12-,21-20-,28-18-. The lowest BCUT2D eigenvalue weighted by molar-refractivity contribution is -0.154. The molecule has 0 heterocycles. The molecule has 0 aromatic heterocycles. The lowest BCUT2D eigenvalue weighted by Gasteiger charge is -2.20. The summed E-state index contributed by atoms with van der Waals surface area (Å²) in [5.41, 5.74) is 5.38. The minimum absolute atomic E-state index is 0.0963. The summed E-state index contributed by atoms with van der Waals surface area (Å²) in [7, 11) is -4.28. The zero-order chi connectivity index (χ0) is 42.3. The van der Waals surface area contributed by atoms with E-state index < -0.39 is 13.9 Å². The number of ether oxygens (including phenoxy) is 2. The first kappa shape index (κ1) is 56.5. The molecule has 8 nitrogen and oxygen atoms in total. The van der Waals surface area contributed by atoms with Crippen molar-refractivity contribution in [3.8, 4) is 0 Å². The predicted octanol–water partition coefficient (Wildman–Crippen LogP) is 14.8. The molecular weight excluding hydrogens is 746 g/mol. The first-order valence-corrected chi connectivity index (χ1v) is 25.6. The highest BCUT2D eigenvalue weighted by Crippen LogP contribution is 2.43. The van der Waals surface area contributed by atoms with E-state index in [1.165, 1.54) is 128 Å². The molecule has 0 saturated heterocycles. The molecule has 0 aliphatic heterocycles. The highest BCUT2D eigenvalue weighted by atomic mass is 31.2. The number of unbranched alkanes of at least 4 members (excludes halogenated alkanes) is 25. The van der Waals surface area contributed by atoms with E-state index in [0.717, 1.165) is 70.6 Å². The van der Waals surface area contributed by atoms with Gasteiger partial charge in [-0.2, -0.15) is 0 Å². The Bertz CT molecular complexity index is 1030. The second kappa shape index (κ2) is 46.5. The molecule has 0 amide bonds. The minimum Gasteiger partial charge on any atom is -0.457 e.